The molecule has 0 fully saturated rings. The largest absolute Gasteiger partial charge is 0.474 e. The van der Waals surface area contributed by atoms with Crippen molar-refractivity contribution in [2.45, 2.75) is 20.0 Å². The fourth-order valence-corrected chi connectivity index (χ4v) is 2.04. The van der Waals surface area contributed by atoms with Crippen LogP contribution in [0.3, 0.4) is 0 Å². The molecule has 0 N–H and O–H groups in total. The van der Waals surface area contributed by atoms with E-state index in [2.05, 4.69) is 15.1 Å². The average Bonchev–Trinajstić information content (AvgIpc) is 2.84. The first-order chi connectivity index (χ1) is 9.65. The number of hydrogen-bond donors (Lipinski definition) is 0. The molecule has 0 radical (unpaired) electrons. The molecule has 2 heterocycles. The van der Waals surface area contributed by atoms with E-state index in [1.165, 1.54) is 6.33 Å². The zero-order chi connectivity index (χ0) is 14.1. The van der Waals surface area contributed by atoms with Gasteiger partial charge in [0.2, 0.25) is 5.88 Å². The predicted molar refractivity (Wildman–Crippen MR) is 77.4 cm³/mol. The Morgan fingerprint density at radius 2 is 1.90 bits per heavy atom. The van der Waals surface area contributed by atoms with Gasteiger partial charge in [-0.15, -0.1) is 0 Å². The lowest BCUT2D eigenvalue weighted by Crippen LogP contribution is -2.07. The van der Waals surface area contributed by atoms with E-state index in [0.29, 0.717) is 16.5 Å². The molecule has 5 nitrogen and oxygen atoms in total. The summed E-state index contributed by atoms with van der Waals surface area (Å²) in [6.45, 7) is 3.91. The van der Waals surface area contributed by atoms with Crippen LogP contribution in [0.5, 0.6) is 5.88 Å². The van der Waals surface area contributed by atoms with Crippen LogP contribution in [0.15, 0.2) is 36.8 Å². The molecule has 0 aliphatic carbocycles. The quantitative estimate of drug-likeness (QED) is 0.742. The van der Waals surface area contributed by atoms with Gasteiger partial charge in [-0.3, -0.25) is 0 Å². The molecule has 0 bridgehead atoms. The Labute approximate surface area is 121 Å². The summed E-state index contributed by atoms with van der Waals surface area (Å²) >= 11 is 5.90. The summed E-state index contributed by atoms with van der Waals surface area (Å²) < 4.78 is 7.41. The molecule has 0 unspecified atom stereocenters. The highest BCUT2D eigenvalue weighted by atomic mass is 35.5. The summed E-state index contributed by atoms with van der Waals surface area (Å²) in [5.74, 6) is 0.546. The van der Waals surface area contributed by atoms with E-state index in [9.17, 15) is 0 Å². The first kappa shape index (κ1) is 12.9. The van der Waals surface area contributed by atoms with Gasteiger partial charge in [-0.2, -0.15) is 5.10 Å². The summed E-state index contributed by atoms with van der Waals surface area (Å²) in [6, 6.07) is 7.41. The van der Waals surface area contributed by atoms with Crippen molar-refractivity contribution in [3.8, 4) is 11.6 Å². The minimum atomic E-state index is 0.0481. The van der Waals surface area contributed by atoms with Gasteiger partial charge in [0.25, 0.3) is 0 Å². The number of hydrogen-bond acceptors (Lipinski definition) is 4. The number of benzene rings is 1. The smallest absolute Gasteiger partial charge is 0.228 e. The van der Waals surface area contributed by atoms with Crippen LogP contribution in [-0.2, 0) is 0 Å². The first-order valence-electron chi connectivity index (χ1n) is 6.26. The van der Waals surface area contributed by atoms with Crippen LogP contribution in [0.4, 0.5) is 0 Å². The Kier molecular flexibility index (Phi) is 3.28. The van der Waals surface area contributed by atoms with Crippen LogP contribution in [0.1, 0.15) is 13.8 Å². The van der Waals surface area contributed by atoms with Gasteiger partial charge >= 0.3 is 0 Å². The van der Waals surface area contributed by atoms with Crippen LogP contribution >= 0.6 is 11.6 Å². The standard InChI is InChI=1S/C14H13ClN4O/c1-9(2)20-14-12-7-18-19(13(12)16-8-17-14)11-5-3-10(15)4-6-11/h3-9H,1-2H3. The Hall–Kier alpha value is -2.14. The third-order valence-corrected chi connectivity index (χ3v) is 3.00. The van der Waals surface area contributed by atoms with Crippen LogP contribution in [0.25, 0.3) is 16.7 Å². The van der Waals surface area contributed by atoms with Crippen LogP contribution < -0.4 is 4.74 Å². The Morgan fingerprint density at radius 1 is 1.15 bits per heavy atom. The maximum absolute atomic E-state index is 5.90. The second-order valence-electron chi connectivity index (χ2n) is 4.62. The maximum Gasteiger partial charge on any atom is 0.228 e. The molecule has 0 atom stereocenters. The van der Waals surface area contributed by atoms with E-state index in [1.54, 1.807) is 10.9 Å². The van der Waals surface area contributed by atoms with Gasteiger partial charge < -0.3 is 4.74 Å². The van der Waals surface area contributed by atoms with E-state index in [0.717, 1.165) is 11.1 Å². The summed E-state index contributed by atoms with van der Waals surface area (Å²) in [4.78, 5) is 8.44. The molecule has 0 spiro atoms. The van der Waals surface area contributed by atoms with Gasteiger partial charge in [0, 0.05) is 5.02 Å². The van der Waals surface area contributed by atoms with Crippen molar-refractivity contribution < 1.29 is 4.74 Å². The number of rotatable bonds is 3. The normalized spacial score (nSPS) is 11.2. The lowest BCUT2D eigenvalue weighted by molar-refractivity contribution is 0.235. The molecule has 3 aromatic rings. The first-order valence-corrected chi connectivity index (χ1v) is 6.64. The molecule has 102 valence electrons. The Bertz CT molecular complexity index is 737. The topological polar surface area (TPSA) is 52.8 Å². The van der Waals surface area contributed by atoms with E-state index in [4.69, 9.17) is 16.3 Å². The second kappa shape index (κ2) is 5.09. The second-order valence-corrected chi connectivity index (χ2v) is 5.05. The minimum Gasteiger partial charge on any atom is -0.474 e. The fraction of sp³-hybridized carbons (Fsp3) is 0.214. The average molecular weight is 289 g/mol. The maximum atomic E-state index is 5.90. The molecule has 1 aromatic carbocycles. The highest BCUT2D eigenvalue weighted by Gasteiger charge is 2.12. The van der Waals surface area contributed by atoms with E-state index in [1.807, 2.05) is 38.1 Å². The van der Waals surface area contributed by atoms with Gasteiger partial charge in [0.1, 0.15) is 11.7 Å². The number of fused-ring (bicyclic) bond motifs is 1. The molecular weight excluding hydrogens is 276 g/mol. The van der Waals surface area contributed by atoms with Crippen LogP contribution in [0.2, 0.25) is 5.02 Å². The van der Waals surface area contributed by atoms with Crippen LogP contribution in [0, 0.1) is 0 Å². The van der Waals surface area contributed by atoms with Crippen molar-refractivity contribution in [3.63, 3.8) is 0 Å². The minimum absolute atomic E-state index is 0.0481. The highest BCUT2D eigenvalue weighted by Crippen LogP contribution is 2.24. The molecule has 0 saturated carbocycles. The van der Waals surface area contributed by atoms with Gasteiger partial charge in [-0.25, -0.2) is 14.6 Å². The summed E-state index contributed by atoms with van der Waals surface area (Å²) in [5, 5.41) is 5.83. The van der Waals surface area contributed by atoms with Crippen molar-refractivity contribution >= 4 is 22.6 Å². The van der Waals surface area contributed by atoms with E-state index < -0.39 is 0 Å². The van der Waals surface area contributed by atoms with Crippen molar-refractivity contribution in [2.24, 2.45) is 0 Å². The monoisotopic (exact) mass is 288 g/mol. The van der Waals surface area contributed by atoms with Crippen LogP contribution in [-0.4, -0.2) is 25.9 Å². The summed E-state index contributed by atoms with van der Waals surface area (Å²) in [5.41, 5.74) is 1.59. The van der Waals surface area contributed by atoms with Gasteiger partial charge in [0.15, 0.2) is 5.65 Å². The Morgan fingerprint density at radius 3 is 2.60 bits per heavy atom. The van der Waals surface area contributed by atoms with Gasteiger partial charge in [-0.05, 0) is 38.1 Å². The van der Waals surface area contributed by atoms with Crippen molar-refractivity contribution in [2.75, 3.05) is 0 Å². The number of aromatic nitrogens is 4. The molecule has 0 saturated heterocycles. The summed E-state index contributed by atoms with van der Waals surface area (Å²) in [7, 11) is 0. The summed E-state index contributed by atoms with van der Waals surface area (Å²) in [6.07, 6.45) is 3.24. The molecule has 3 rings (SSSR count). The van der Waals surface area contributed by atoms with Crippen molar-refractivity contribution in [1.82, 2.24) is 19.7 Å². The third kappa shape index (κ3) is 2.32. The third-order valence-electron chi connectivity index (χ3n) is 2.75. The van der Waals surface area contributed by atoms with Crippen molar-refractivity contribution in [3.05, 3.63) is 41.8 Å². The Balaban J connectivity index is 2.12. The molecule has 6 heteroatoms. The zero-order valence-electron chi connectivity index (χ0n) is 11.1. The van der Waals surface area contributed by atoms with E-state index in [-0.39, 0.29) is 6.10 Å². The lowest BCUT2D eigenvalue weighted by Gasteiger charge is -2.09. The van der Waals surface area contributed by atoms with Gasteiger partial charge in [-0.1, -0.05) is 11.6 Å². The molecule has 0 aliphatic heterocycles. The number of halogens is 1. The highest BCUT2D eigenvalue weighted by molar-refractivity contribution is 6.30. The van der Waals surface area contributed by atoms with E-state index >= 15 is 0 Å². The fourth-order valence-electron chi connectivity index (χ4n) is 1.91. The van der Waals surface area contributed by atoms with Gasteiger partial charge in [0.05, 0.1) is 18.0 Å². The van der Waals surface area contributed by atoms with Crippen molar-refractivity contribution in [1.29, 1.82) is 0 Å². The molecular formula is C14H13ClN4O. The number of nitrogens with zero attached hydrogens (tertiary/aromatic N) is 4. The molecule has 2 aromatic heterocycles. The zero-order valence-corrected chi connectivity index (χ0v) is 11.9. The molecule has 0 amide bonds. The predicted octanol–water partition coefficient (Wildman–Crippen LogP) is 3.26. The number of ether oxygens (including phenoxy) is 1. The molecule has 20 heavy (non-hydrogen) atoms. The lowest BCUT2D eigenvalue weighted by atomic mass is 10.3. The SMILES string of the molecule is CC(C)Oc1ncnc2c1cnn2-c1ccc(Cl)cc1. The molecule has 0 aliphatic rings.